The van der Waals surface area contributed by atoms with Crippen LogP contribution in [0.25, 0.3) is 0 Å². The molecule has 0 bridgehead atoms. The molecule has 7 nitrogen and oxygen atoms in total. The largest absolute Gasteiger partial charge is 0.463 e. The van der Waals surface area contributed by atoms with Crippen molar-refractivity contribution in [2.45, 2.75) is 39.7 Å². The fourth-order valence-electron chi connectivity index (χ4n) is 2.13. The van der Waals surface area contributed by atoms with Crippen molar-refractivity contribution in [2.75, 3.05) is 43.1 Å². The van der Waals surface area contributed by atoms with E-state index in [1.54, 1.807) is 0 Å². The molecule has 1 atom stereocenters. The first-order valence-corrected chi connectivity index (χ1v) is 7.76. The Morgan fingerprint density at radius 3 is 2.86 bits per heavy atom. The molecular weight excluding hydrogens is 270 g/mol. The molecule has 1 aromatic rings. The van der Waals surface area contributed by atoms with Gasteiger partial charge < -0.3 is 19.7 Å². The molecule has 0 saturated carbocycles. The molecule has 0 aromatic carbocycles. The fraction of sp³-hybridized carbons (Fsp3) is 0.786. The minimum atomic E-state index is 0.234. The van der Waals surface area contributed by atoms with Gasteiger partial charge in [-0.05, 0) is 19.8 Å². The van der Waals surface area contributed by atoms with Gasteiger partial charge in [-0.25, -0.2) is 0 Å². The lowest BCUT2D eigenvalue weighted by atomic mass is 10.2. The quantitative estimate of drug-likeness (QED) is 0.821. The first kappa shape index (κ1) is 15.8. The van der Waals surface area contributed by atoms with Crippen LogP contribution in [0.2, 0.25) is 0 Å². The standard InChI is InChI=1S/C14H25N5O2/c1-4-8-21-14-17-12(15-6-3)16-13(18-14)19-7-9-20-11(5-2)10-19/h11H,4-10H2,1-3H3,(H,15,16,17,18). The van der Waals surface area contributed by atoms with Crippen molar-refractivity contribution >= 4 is 11.9 Å². The van der Waals surface area contributed by atoms with Gasteiger partial charge in [0.2, 0.25) is 11.9 Å². The summed E-state index contributed by atoms with van der Waals surface area (Å²) in [5.41, 5.74) is 0. The van der Waals surface area contributed by atoms with Crippen LogP contribution in [0.5, 0.6) is 6.01 Å². The van der Waals surface area contributed by atoms with Crippen LogP contribution in [-0.4, -0.2) is 53.9 Å². The van der Waals surface area contributed by atoms with Crippen molar-refractivity contribution < 1.29 is 9.47 Å². The molecule has 1 unspecified atom stereocenters. The number of anilines is 2. The minimum Gasteiger partial charge on any atom is -0.463 e. The lowest BCUT2D eigenvalue weighted by Gasteiger charge is -2.32. The molecule has 0 amide bonds. The Morgan fingerprint density at radius 1 is 1.29 bits per heavy atom. The molecule has 1 N–H and O–H groups in total. The Hall–Kier alpha value is -1.63. The Morgan fingerprint density at radius 2 is 2.14 bits per heavy atom. The first-order chi connectivity index (χ1) is 10.3. The van der Waals surface area contributed by atoms with Gasteiger partial charge >= 0.3 is 6.01 Å². The van der Waals surface area contributed by atoms with Crippen LogP contribution in [0.15, 0.2) is 0 Å². The van der Waals surface area contributed by atoms with Gasteiger partial charge in [0.1, 0.15) is 0 Å². The Bertz CT molecular complexity index is 443. The first-order valence-electron chi connectivity index (χ1n) is 7.76. The van der Waals surface area contributed by atoms with Gasteiger partial charge in [-0.3, -0.25) is 0 Å². The second-order valence-corrected chi connectivity index (χ2v) is 4.97. The third-order valence-electron chi connectivity index (χ3n) is 3.25. The van der Waals surface area contributed by atoms with Crippen LogP contribution in [0.4, 0.5) is 11.9 Å². The van der Waals surface area contributed by atoms with Crippen molar-refractivity contribution in [2.24, 2.45) is 0 Å². The lowest BCUT2D eigenvalue weighted by molar-refractivity contribution is 0.0378. The van der Waals surface area contributed by atoms with Crippen molar-refractivity contribution in [3.05, 3.63) is 0 Å². The van der Waals surface area contributed by atoms with Crippen LogP contribution >= 0.6 is 0 Å². The summed E-state index contributed by atoms with van der Waals surface area (Å²) < 4.78 is 11.3. The summed E-state index contributed by atoms with van der Waals surface area (Å²) in [5, 5.41) is 3.13. The van der Waals surface area contributed by atoms with Crippen LogP contribution < -0.4 is 15.0 Å². The van der Waals surface area contributed by atoms with Gasteiger partial charge in [0.05, 0.1) is 19.3 Å². The number of nitrogens with zero attached hydrogens (tertiary/aromatic N) is 4. The zero-order valence-corrected chi connectivity index (χ0v) is 13.1. The highest BCUT2D eigenvalue weighted by atomic mass is 16.5. The van der Waals surface area contributed by atoms with Gasteiger partial charge in [-0.15, -0.1) is 0 Å². The van der Waals surface area contributed by atoms with Gasteiger partial charge in [0.25, 0.3) is 0 Å². The van der Waals surface area contributed by atoms with Crippen LogP contribution in [0, 0.1) is 0 Å². The van der Waals surface area contributed by atoms with E-state index in [-0.39, 0.29) is 6.10 Å². The molecule has 7 heteroatoms. The van der Waals surface area contributed by atoms with Gasteiger partial charge in [0.15, 0.2) is 0 Å². The van der Waals surface area contributed by atoms with Gasteiger partial charge in [-0.2, -0.15) is 15.0 Å². The van der Waals surface area contributed by atoms with E-state index in [2.05, 4.69) is 39.0 Å². The third kappa shape index (κ3) is 4.42. The number of nitrogens with one attached hydrogen (secondary N) is 1. The molecule has 1 fully saturated rings. The highest BCUT2D eigenvalue weighted by Crippen LogP contribution is 2.18. The number of hydrogen-bond donors (Lipinski definition) is 1. The van der Waals surface area contributed by atoms with Crippen molar-refractivity contribution in [1.82, 2.24) is 15.0 Å². The highest BCUT2D eigenvalue weighted by molar-refractivity contribution is 5.38. The topological polar surface area (TPSA) is 72.4 Å². The summed E-state index contributed by atoms with van der Waals surface area (Å²) in [6.45, 7) is 9.86. The SMILES string of the molecule is CCCOc1nc(NCC)nc(N2CCOC(CC)C2)n1. The molecule has 1 aliphatic rings. The van der Waals surface area contributed by atoms with Crippen LogP contribution in [0.1, 0.15) is 33.6 Å². The van der Waals surface area contributed by atoms with Crippen molar-refractivity contribution in [1.29, 1.82) is 0 Å². The van der Waals surface area contributed by atoms with E-state index in [4.69, 9.17) is 9.47 Å². The summed E-state index contributed by atoms with van der Waals surface area (Å²) in [6.07, 6.45) is 2.14. The fourth-order valence-corrected chi connectivity index (χ4v) is 2.13. The van der Waals surface area contributed by atoms with E-state index in [0.717, 1.165) is 32.5 Å². The molecule has 0 radical (unpaired) electrons. The number of morpholine rings is 1. The number of aromatic nitrogens is 3. The Labute approximate surface area is 126 Å². The predicted octanol–water partition coefficient (Wildman–Crippen LogP) is 1.71. The molecule has 1 saturated heterocycles. The summed E-state index contributed by atoms with van der Waals surface area (Å²) in [6, 6.07) is 0.386. The normalized spacial score (nSPS) is 18.6. The maximum absolute atomic E-state index is 5.69. The summed E-state index contributed by atoms with van der Waals surface area (Å²) in [7, 11) is 0. The lowest BCUT2D eigenvalue weighted by Crippen LogP contribution is -2.43. The molecular formula is C14H25N5O2. The third-order valence-corrected chi connectivity index (χ3v) is 3.25. The van der Waals surface area contributed by atoms with E-state index >= 15 is 0 Å². The molecule has 1 aromatic heterocycles. The van der Waals surface area contributed by atoms with E-state index in [1.807, 2.05) is 6.92 Å². The van der Waals surface area contributed by atoms with Crippen molar-refractivity contribution in [3.63, 3.8) is 0 Å². The Kier molecular flexibility index (Phi) is 5.98. The smallest absolute Gasteiger partial charge is 0.323 e. The number of hydrogen-bond acceptors (Lipinski definition) is 7. The van der Waals surface area contributed by atoms with E-state index in [0.29, 0.717) is 31.1 Å². The molecule has 0 spiro atoms. The summed E-state index contributed by atoms with van der Waals surface area (Å²) >= 11 is 0. The summed E-state index contributed by atoms with van der Waals surface area (Å²) in [4.78, 5) is 15.3. The molecule has 2 heterocycles. The average molecular weight is 295 g/mol. The number of rotatable bonds is 7. The van der Waals surface area contributed by atoms with Crippen molar-refractivity contribution in [3.8, 4) is 6.01 Å². The van der Waals surface area contributed by atoms with Crippen LogP contribution in [0.3, 0.4) is 0 Å². The maximum atomic E-state index is 5.69. The van der Waals surface area contributed by atoms with Gasteiger partial charge in [0, 0.05) is 19.6 Å². The average Bonchev–Trinajstić information content (AvgIpc) is 2.53. The molecule has 2 rings (SSSR count). The van der Waals surface area contributed by atoms with Gasteiger partial charge in [-0.1, -0.05) is 13.8 Å². The second kappa shape index (κ2) is 7.97. The zero-order chi connectivity index (χ0) is 15.1. The maximum Gasteiger partial charge on any atom is 0.323 e. The zero-order valence-electron chi connectivity index (χ0n) is 13.1. The Balaban J connectivity index is 2.17. The summed E-state index contributed by atoms with van der Waals surface area (Å²) in [5.74, 6) is 1.22. The highest BCUT2D eigenvalue weighted by Gasteiger charge is 2.22. The number of ether oxygens (including phenoxy) is 2. The molecule has 21 heavy (non-hydrogen) atoms. The van der Waals surface area contributed by atoms with E-state index < -0.39 is 0 Å². The molecule has 118 valence electrons. The van der Waals surface area contributed by atoms with E-state index in [1.165, 1.54) is 0 Å². The predicted molar refractivity (Wildman–Crippen MR) is 82.0 cm³/mol. The molecule has 1 aliphatic heterocycles. The van der Waals surface area contributed by atoms with E-state index in [9.17, 15) is 0 Å². The molecule has 0 aliphatic carbocycles. The van der Waals surface area contributed by atoms with Crippen LogP contribution in [-0.2, 0) is 4.74 Å². The second-order valence-electron chi connectivity index (χ2n) is 4.97. The minimum absolute atomic E-state index is 0.234. The monoisotopic (exact) mass is 295 g/mol.